The van der Waals surface area contributed by atoms with Crippen molar-refractivity contribution in [2.75, 3.05) is 21.2 Å². The first kappa shape index (κ1) is 9.03. The molecule has 0 N–H and O–H groups in total. The lowest BCUT2D eigenvalue weighted by Gasteiger charge is -2.08. The molecule has 0 bridgehead atoms. The maximum Gasteiger partial charge on any atom is 0.333 e. The molecule has 4 nitrogen and oxygen atoms in total. The Morgan fingerprint density at radius 1 is 1.58 bits per heavy atom. The van der Waals surface area contributed by atoms with Gasteiger partial charge in [0.05, 0.1) is 13.4 Å². The Morgan fingerprint density at radius 2 is 2.17 bits per heavy atom. The van der Waals surface area contributed by atoms with Crippen molar-refractivity contribution in [3.63, 3.8) is 0 Å². The first-order valence-electron chi connectivity index (χ1n) is 3.91. The Bertz CT molecular complexity index is 207. The summed E-state index contributed by atoms with van der Waals surface area (Å²) in [7, 11) is 5.14. The van der Waals surface area contributed by atoms with Gasteiger partial charge >= 0.3 is 5.97 Å². The highest BCUT2D eigenvalue weighted by atomic mass is 16.5. The number of esters is 1. The molecule has 0 heterocycles. The van der Waals surface area contributed by atoms with E-state index in [1.54, 1.807) is 6.34 Å². The summed E-state index contributed by atoms with van der Waals surface area (Å²) in [5, 5.41) is 0. The third-order valence-electron chi connectivity index (χ3n) is 1.82. The quantitative estimate of drug-likeness (QED) is 0.347. The van der Waals surface area contributed by atoms with Crippen LogP contribution in [-0.4, -0.2) is 44.0 Å². The molecule has 68 valence electrons. The van der Waals surface area contributed by atoms with Crippen molar-refractivity contribution in [3.8, 4) is 0 Å². The maximum absolute atomic E-state index is 11.2. The van der Waals surface area contributed by atoms with Gasteiger partial charge in [0.1, 0.15) is 0 Å². The summed E-state index contributed by atoms with van der Waals surface area (Å²) in [6.45, 7) is 0. The second-order valence-electron chi connectivity index (χ2n) is 3.23. The van der Waals surface area contributed by atoms with E-state index in [1.807, 2.05) is 19.0 Å². The topological polar surface area (TPSA) is 41.9 Å². The molecule has 0 spiro atoms. The van der Waals surface area contributed by atoms with Crippen LogP contribution in [0, 0.1) is 0 Å². The number of carbonyl (C=O) groups excluding carboxylic acids is 1. The molecule has 1 rings (SSSR count). The van der Waals surface area contributed by atoms with Crippen LogP contribution in [0.15, 0.2) is 4.99 Å². The van der Waals surface area contributed by atoms with Crippen molar-refractivity contribution < 1.29 is 9.53 Å². The zero-order chi connectivity index (χ0) is 9.19. The Labute approximate surface area is 72.2 Å². The van der Waals surface area contributed by atoms with Gasteiger partial charge in [0.2, 0.25) is 0 Å². The Hall–Kier alpha value is -1.06. The number of methoxy groups -OCH3 is 1. The normalized spacial score (nSPS) is 19.2. The van der Waals surface area contributed by atoms with Gasteiger partial charge in [0, 0.05) is 14.1 Å². The average molecular weight is 170 g/mol. The van der Waals surface area contributed by atoms with E-state index in [4.69, 9.17) is 0 Å². The minimum atomic E-state index is -0.543. The van der Waals surface area contributed by atoms with Crippen LogP contribution in [0.5, 0.6) is 0 Å². The highest BCUT2D eigenvalue weighted by molar-refractivity contribution is 5.85. The number of nitrogens with zero attached hydrogens (tertiary/aromatic N) is 2. The number of rotatable bonds is 3. The van der Waals surface area contributed by atoms with Crippen LogP contribution in [0.25, 0.3) is 0 Å². The zero-order valence-electron chi connectivity index (χ0n) is 7.70. The minimum Gasteiger partial charge on any atom is -0.467 e. The largest absolute Gasteiger partial charge is 0.467 e. The third-order valence-corrected chi connectivity index (χ3v) is 1.82. The van der Waals surface area contributed by atoms with Crippen LogP contribution in [0.4, 0.5) is 0 Å². The molecule has 0 aromatic rings. The second-order valence-corrected chi connectivity index (χ2v) is 3.23. The summed E-state index contributed by atoms with van der Waals surface area (Å²) in [6.07, 6.45) is 3.28. The van der Waals surface area contributed by atoms with Crippen molar-refractivity contribution in [2.45, 2.75) is 18.4 Å². The van der Waals surface area contributed by atoms with E-state index in [9.17, 15) is 4.79 Å². The maximum atomic E-state index is 11.2. The lowest BCUT2D eigenvalue weighted by molar-refractivity contribution is -0.143. The van der Waals surface area contributed by atoms with Gasteiger partial charge < -0.3 is 9.64 Å². The van der Waals surface area contributed by atoms with Gasteiger partial charge in [-0.05, 0) is 12.8 Å². The fourth-order valence-corrected chi connectivity index (χ4v) is 0.920. The fourth-order valence-electron chi connectivity index (χ4n) is 0.920. The van der Waals surface area contributed by atoms with Crippen molar-refractivity contribution in [2.24, 2.45) is 4.99 Å². The molecule has 0 aromatic heterocycles. The molecular weight excluding hydrogens is 156 g/mol. The first-order valence-corrected chi connectivity index (χ1v) is 3.91. The number of hydrogen-bond donors (Lipinski definition) is 0. The molecule has 1 aliphatic rings. The standard InChI is InChI=1S/C8H14N2O2/c1-10(2)6-9-8(4-5-8)7(11)12-3/h6H,4-5H2,1-3H3. The van der Waals surface area contributed by atoms with E-state index in [-0.39, 0.29) is 5.97 Å². The highest BCUT2D eigenvalue weighted by Gasteiger charge is 2.51. The van der Waals surface area contributed by atoms with E-state index in [0.29, 0.717) is 0 Å². The molecule has 0 saturated heterocycles. The highest BCUT2D eigenvalue weighted by Crippen LogP contribution is 2.40. The van der Waals surface area contributed by atoms with Gasteiger partial charge in [0.15, 0.2) is 5.54 Å². The molecule has 0 aliphatic heterocycles. The Morgan fingerprint density at radius 3 is 2.50 bits per heavy atom. The first-order chi connectivity index (χ1) is 5.60. The number of carbonyl (C=O) groups is 1. The van der Waals surface area contributed by atoms with Gasteiger partial charge in [-0.1, -0.05) is 0 Å². The van der Waals surface area contributed by atoms with E-state index < -0.39 is 5.54 Å². The van der Waals surface area contributed by atoms with Crippen LogP contribution < -0.4 is 0 Å². The monoisotopic (exact) mass is 170 g/mol. The lowest BCUT2D eigenvalue weighted by atomic mass is 10.3. The minimum absolute atomic E-state index is 0.222. The number of hydrogen-bond acceptors (Lipinski definition) is 3. The Kier molecular flexibility index (Phi) is 2.35. The average Bonchev–Trinajstić information content (AvgIpc) is 2.80. The molecule has 0 unspecified atom stereocenters. The third kappa shape index (κ3) is 1.75. The van der Waals surface area contributed by atoms with Gasteiger partial charge in [-0.2, -0.15) is 0 Å². The number of ether oxygens (including phenoxy) is 1. The van der Waals surface area contributed by atoms with Crippen molar-refractivity contribution >= 4 is 12.3 Å². The SMILES string of the molecule is COC(=O)C1(N=CN(C)C)CC1. The van der Waals surface area contributed by atoms with E-state index in [1.165, 1.54) is 7.11 Å². The molecule has 0 aromatic carbocycles. The van der Waals surface area contributed by atoms with Gasteiger partial charge in [-0.3, -0.25) is 4.99 Å². The van der Waals surface area contributed by atoms with Crippen LogP contribution >= 0.6 is 0 Å². The number of aliphatic imine (C=N–C) groups is 1. The Balaban J connectivity index is 2.55. The van der Waals surface area contributed by atoms with Crippen molar-refractivity contribution in [1.29, 1.82) is 0 Å². The predicted octanol–water partition coefficient (Wildman–Crippen LogP) is 0.282. The molecule has 0 atom stereocenters. The zero-order valence-corrected chi connectivity index (χ0v) is 7.70. The molecule has 1 saturated carbocycles. The van der Waals surface area contributed by atoms with Crippen LogP contribution in [-0.2, 0) is 9.53 Å². The van der Waals surface area contributed by atoms with Gasteiger partial charge in [-0.15, -0.1) is 0 Å². The molecule has 0 amide bonds. The van der Waals surface area contributed by atoms with Gasteiger partial charge in [0.25, 0.3) is 0 Å². The van der Waals surface area contributed by atoms with E-state index in [0.717, 1.165) is 12.8 Å². The summed E-state index contributed by atoms with van der Waals surface area (Å²) >= 11 is 0. The fraction of sp³-hybridized carbons (Fsp3) is 0.750. The summed E-state index contributed by atoms with van der Waals surface area (Å²) in [5.41, 5.74) is -0.543. The van der Waals surface area contributed by atoms with Crippen LogP contribution in [0.1, 0.15) is 12.8 Å². The molecule has 12 heavy (non-hydrogen) atoms. The molecule has 1 fully saturated rings. The molecule has 0 radical (unpaired) electrons. The summed E-state index contributed by atoms with van der Waals surface area (Å²) in [4.78, 5) is 17.1. The van der Waals surface area contributed by atoms with Crippen LogP contribution in [0.2, 0.25) is 0 Å². The summed E-state index contributed by atoms with van der Waals surface area (Å²) in [5.74, 6) is -0.222. The second kappa shape index (κ2) is 3.13. The smallest absolute Gasteiger partial charge is 0.333 e. The predicted molar refractivity (Wildman–Crippen MR) is 46.2 cm³/mol. The van der Waals surface area contributed by atoms with Crippen molar-refractivity contribution in [1.82, 2.24) is 4.90 Å². The van der Waals surface area contributed by atoms with Crippen LogP contribution in [0.3, 0.4) is 0 Å². The molecular formula is C8H14N2O2. The van der Waals surface area contributed by atoms with E-state index >= 15 is 0 Å². The molecule has 1 aliphatic carbocycles. The lowest BCUT2D eigenvalue weighted by Crippen LogP contribution is -2.23. The molecule has 4 heteroatoms. The van der Waals surface area contributed by atoms with E-state index in [2.05, 4.69) is 9.73 Å². The van der Waals surface area contributed by atoms with Gasteiger partial charge in [-0.25, -0.2) is 4.79 Å². The summed E-state index contributed by atoms with van der Waals surface area (Å²) in [6, 6.07) is 0. The summed E-state index contributed by atoms with van der Waals surface area (Å²) < 4.78 is 4.64. The van der Waals surface area contributed by atoms with Crippen molar-refractivity contribution in [3.05, 3.63) is 0 Å².